The zero-order valence-corrected chi connectivity index (χ0v) is 14.0. The molecule has 0 saturated heterocycles. The maximum Gasteiger partial charge on any atom is 0.259 e. The predicted octanol–water partition coefficient (Wildman–Crippen LogP) is 0.912. The van der Waals surface area contributed by atoms with Gasteiger partial charge < -0.3 is 10.6 Å². The molecule has 0 aliphatic carbocycles. The van der Waals surface area contributed by atoms with Gasteiger partial charge in [0.25, 0.3) is 5.91 Å². The number of carbonyl (C=O) groups is 2. The van der Waals surface area contributed by atoms with E-state index in [1.165, 1.54) is 10.9 Å². The highest BCUT2D eigenvalue weighted by Gasteiger charge is 2.25. The molecule has 8 nitrogen and oxygen atoms in total. The summed E-state index contributed by atoms with van der Waals surface area (Å²) in [4.78, 5) is 23.8. The molecular formula is C15H22N6O2. The molecule has 23 heavy (non-hydrogen) atoms. The first-order valence-electron chi connectivity index (χ1n) is 7.29. The number of carbonyl (C=O) groups excluding carboxylic acids is 2. The summed E-state index contributed by atoms with van der Waals surface area (Å²) in [5.74, 6) is -0.407. The van der Waals surface area contributed by atoms with Gasteiger partial charge in [-0.1, -0.05) is 20.8 Å². The van der Waals surface area contributed by atoms with Crippen LogP contribution in [0.5, 0.6) is 0 Å². The van der Waals surface area contributed by atoms with Crippen molar-refractivity contribution in [2.75, 3.05) is 12.4 Å². The number of hydrogen-bond acceptors (Lipinski definition) is 4. The van der Waals surface area contributed by atoms with Crippen molar-refractivity contribution in [3.63, 3.8) is 0 Å². The molecule has 0 aliphatic rings. The van der Waals surface area contributed by atoms with Gasteiger partial charge in [0.15, 0.2) is 0 Å². The number of rotatable bonds is 4. The van der Waals surface area contributed by atoms with Crippen molar-refractivity contribution in [3.05, 3.63) is 29.8 Å². The van der Waals surface area contributed by atoms with E-state index in [1.54, 1.807) is 31.2 Å². The fourth-order valence-electron chi connectivity index (χ4n) is 2.15. The smallest absolute Gasteiger partial charge is 0.259 e. The molecule has 124 valence electrons. The van der Waals surface area contributed by atoms with Gasteiger partial charge in [0.05, 0.1) is 23.1 Å². The largest absolute Gasteiger partial charge is 0.358 e. The molecule has 0 saturated carbocycles. The minimum absolute atomic E-state index is 0.104. The number of aryl methyl sites for hydroxylation is 1. The molecule has 2 rings (SSSR count). The zero-order valence-electron chi connectivity index (χ0n) is 14.0. The van der Waals surface area contributed by atoms with Crippen LogP contribution in [0.4, 0.5) is 5.69 Å². The van der Waals surface area contributed by atoms with Crippen LogP contribution in [-0.2, 0) is 23.8 Å². The Morgan fingerprint density at radius 1 is 1.26 bits per heavy atom. The monoisotopic (exact) mass is 318 g/mol. The molecule has 2 aromatic heterocycles. The van der Waals surface area contributed by atoms with E-state index < -0.39 is 0 Å². The molecule has 0 bridgehead atoms. The molecule has 0 unspecified atom stereocenters. The number of aromatic nitrogens is 4. The molecule has 2 heterocycles. The summed E-state index contributed by atoms with van der Waals surface area (Å²) in [6.45, 7) is 6.13. The van der Waals surface area contributed by atoms with Gasteiger partial charge in [0.1, 0.15) is 6.54 Å². The van der Waals surface area contributed by atoms with Crippen molar-refractivity contribution in [3.8, 4) is 0 Å². The van der Waals surface area contributed by atoms with Crippen molar-refractivity contribution in [2.24, 2.45) is 7.05 Å². The quantitative estimate of drug-likeness (QED) is 0.876. The van der Waals surface area contributed by atoms with Gasteiger partial charge >= 0.3 is 0 Å². The molecule has 2 aromatic rings. The first kappa shape index (κ1) is 16.7. The number of amides is 2. The molecule has 2 amide bonds. The lowest BCUT2D eigenvalue weighted by molar-refractivity contribution is -0.121. The molecule has 0 spiro atoms. The lowest BCUT2D eigenvalue weighted by atomic mass is 9.89. The molecule has 8 heteroatoms. The van der Waals surface area contributed by atoms with E-state index in [0.29, 0.717) is 11.3 Å². The van der Waals surface area contributed by atoms with Crippen LogP contribution in [0.25, 0.3) is 0 Å². The molecule has 0 radical (unpaired) electrons. The SMILES string of the molecule is CNC(=O)Cn1cc(NC(=O)c2cn(C)nc2C(C)(C)C)cn1. The summed E-state index contributed by atoms with van der Waals surface area (Å²) >= 11 is 0. The van der Waals surface area contributed by atoms with Crippen molar-refractivity contribution < 1.29 is 9.59 Å². The summed E-state index contributed by atoms with van der Waals surface area (Å²) in [6, 6.07) is 0. The highest BCUT2D eigenvalue weighted by atomic mass is 16.2. The molecule has 0 aromatic carbocycles. The van der Waals surface area contributed by atoms with Crippen molar-refractivity contribution in [2.45, 2.75) is 32.7 Å². The minimum atomic E-state index is -0.248. The van der Waals surface area contributed by atoms with E-state index in [1.807, 2.05) is 20.8 Å². The number of likely N-dealkylation sites (N-methyl/N-ethyl adjacent to an activating group) is 1. The average Bonchev–Trinajstić information content (AvgIpc) is 3.04. The third-order valence-electron chi connectivity index (χ3n) is 3.26. The maximum absolute atomic E-state index is 12.5. The number of nitrogens with one attached hydrogen (secondary N) is 2. The summed E-state index contributed by atoms with van der Waals surface area (Å²) in [6.07, 6.45) is 4.82. The normalized spacial score (nSPS) is 11.3. The summed E-state index contributed by atoms with van der Waals surface area (Å²) in [7, 11) is 3.35. The van der Waals surface area contributed by atoms with Crippen molar-refractivity contribution in [1.29, 1.82) is 0 Å². The van der Waals surface area contributed by atoms with Crippen LogP contribution in [0.1, 0.15) is 36.8 Å². The summed E-state index contributed by atoms with van der Waals surface area (Å²) in [5, 5.41) is 13.7. The molecular weight excluding hydrogens is 296 g/mol. The van der Waals surface area contributed by atoms with E-state index in [4.69, 9.17) is 0 Å². The van der Waals surface area contributed by atoms with Gasteiger partial charge in [-0.2, -0.15) is 10.2 Å². The van der Waals surface area contributed by atoms with Gasteiger partial charge in [-0.3, -0.25) is 19.0 Å². The van der Waals surface area contributed by atoms with Crippen LogP contribution < -0.4 is 10.6 Å². The minimum Gasteiger partial charge on any atom is -0.358 e. The second-order valence-corrected chi connectivity index (χ2v) is 6.37. The standard InChI is InChI=1S/C15H22N6O2/c1-15(2,3)13-11(8-20(5)19-13)14(23)18-10-6-17-21(7-10)9-12(22)16-4/h6-8H,9H2,1-5H3,(H,16,22)(H,18,23). The summed E-state index contributed by atoms with van der Waals surface area (Å²) in [5.41, 5.74) is 1.55. The van der Waals surface area contributed by atoms with Gasteiger partial charge in [-0.15, -0.1) is 0 Å². The Morgan fingerprint density at radius 3 is 2.57 bits per heavy atom. The number of nitrogens with zero attached hydrogens (tertiary/aromatic N) is 4. The fourth-order valence-corrected chi connectivity index (χ4v) is 2.15. The lowest BCUT2D eigenvalue weighted by Crippen LogP contribution is -2.23. The van der Waals surface area contributed by atoms with Crippen LogP contribution in [0.2, 0.25) is 0 Å². The Kier molecular flexibility index (Phi) is 4.53. The predicted molar refractivity (Wildman–Crippen MR) is 86.2 cm³/mol. The van der Waals surface area contributed by atoms with E-state index in [2.05, 4.69) is 20.8 Å². The first-order valence-corrected chi connectivity index (χ1v) is 7.29. The Hall–Kier alpha value is -2.64. The van der Waals surface area contributed by atoms with Crippen LogP contribution in [0.15, 0.2) is 18.6 Å². The second-order valence-electron chi connectivity index (χ2n) is 6.37. The Balaban J connectivity index is 2.16. The zero-order chi connectivity index (χ0) is 17.2. The van der Waals surface area contributed by atoms with Gasteiger partial charge in [0, 0.05) is 31.9 Å². The van der Waals surface area contributed by atoms with E-state index in [-0.39, 0.29) is 23.8 Å². The summed E-state index contributed by atoms with van der Waals surface area (Å²) < 4.78 is 3.09. The van der Waals surface area contributed by atoms with E-state index in [9.17, 15) is 9.59 Å². The molecule has 2 N–H and O–H groups in total. The Bertz CT molecular complexity index is 723. The molecule has 0 aliphatic heterocycles. The highest BCUT2D eigenvalue weighted by molar-refractivity contribution is 6.05. The van der Waals surface area contributed by atoms with Gasteiger partial charge in [-0.25, -0.2) is 0 Å². The molecule has 0 fully saturated rings. The average molecular weight is 318 g/mol. The van der Waals surface area contributed by atoms with Gasteiger partial charge in [-0.05, 0) is 0 Å². The maximum atomic E-state index is 12.5. The van der Waals surface area contributed by atoms with Crippen molar-refractivity contribution in [1.82, 2.24) is 24.9 Å². The highest BCUT2D eigenvalue weighted by Crippen LogP contribution is 2.24. The van der Waals surface area contributed by atoms with Crippen LogP contribution in [0, 0.1) is 0 Å². The topological polar surface area (TPSA) is 93.8 Å². The Labute approximate surface area is 134 Å². The number of hydrogen-bond donors (Lipinski definition) is 2. The van der Waals surface area contributed by atoms with E-state index >= 15 is 0 Å². The first-order chi connectivity index (χ1) is 10.7. The third-order valence-corrected chi connectivity index (χ3v) is 3.26. The molecule has 0 atom stereocenters. The lowest BCUT2D eigenvalue weighted by Gasteiger charge is -2.16. The van der Waals surface area contributed by atoms with E-state index in [0.717, 1.165) is 5.69 Å². The van der Waals surface area contributed by atoms with Crippen molar-refractivity contribution >= 4 is 17.5 Å². The van der Waals surface area contributed by atoms with Crippen LogP contribution >= 0.6 is 0 Å². The number of anilines is 1. The third kappa shape index (κ3) is 3.97. The van der Waals surface area contributed by atoms with Crippen LogP contribution in [0.3, 0.4) is 0 Å². The van der Waals surface area contributed by atoms with Crippen LogP contribution in [-0.4, -0.2) is 38.4 Å². The fraction of sp³-hybridized carbons (Fsp3) is 0.467. The second kappa shape index (κ2) is 6.23. The Morgan fingerprint density at radius 2 is 1.96 bits per heavy atom. The van der Waals surface area contributed by atoms with Gasteiger partial charge in [0.2, 0.25) is 5.91 Å².